The van der Waals surface area contributed by atoms with Crippen molar-refractivity contribution in [1.82, 2.24) is 5.32 Å². The number of amides is 1. The van der Waals surface area contributed by atoms with Crippen molar-refractivity contribution in [3.05, 3.63) is 0 Å². The zero-order valence-corrected chi connectivity index (χ0v) is 14.0. The van der Waals surface area contributed by atoms with E-state index in [-0.39, 0.29) is 23.3 Å². The number of alkyl carbamates (subject to hydrolysis) is 1. The van der Waals surface area contributed by atoms with E-state index in [1.165, 1.54) is 0 Å². The van der Waals surface area contributed by atoms with Crippen molar-refractivity contribution in [2.45, 2.75) is 77.7 Å². The van der Waals surface area contributed by atoms with Gasteiger partial charge >= 0.3 is 6.09 Å². The first-order valence-electron chi connectivity index (χ1n) is 7.92. The average Bonchev–Trinajstić information content (AvgIpc) is 2.80. The molecule has 1 aliphatic carbocycles. The van der Waals surface area contributed by atoms with Crippen molar-refractivity contribution >= 4 is 6.09 Å². The maximum atomic E-state index is 11.9. The van der Waals surface area contributed by atoms with Gasteiger partial charge in [-0.3, -0.25) is 0 Å². The molecule has 1 spiro atoms. The second-order valence-electron chi connectivity index (χ2n) is 7.63. The molecule has 0 unspecified atom stereocenters. The molecule has 1 atom stereocenters. The molecular formula is C16H29NO4. The molecule has 1 N–H and O–H groups in total. The lowest BCUT2D eigenvalue weighted by Gasteiger charge is -2.45. The molecule has 2 rings (SSSR count). The second-order valence-corrected chi connectivity index (χ2v) is 7.63. The average molecular weight is 299 g/mol. The Morgan fingerprint density at radius 1 is 1.14 bits per heavy atom. The van der Waals surface area contributed by atoms with Gasteiger partial charge in [0.25, 0.3) is 0 Å². The summed E-state index contributed by atoms with van der Waals surface area (Å²) >= 11 is 0. The predicted molar refractivity (Wildman–Crippen MR) is 80.0 cm³/mol. The molecule has 0 aromatic heterocycles. The molecule has 5 heteroatoms. The summed E-state index contributed by atoms with van der Waals surface area (Å²) in [6, 6.07) is 0.0612. The number of rotatable bonds is 2. The summed E-state index contributed by atoms with van der Waals surface area (Å²) in [6.07, 6.45) is 3.39. The highest BCUT2D eigenvalue weighted by molar-refractivity contribution is 5.68. The molecule has 1 saturated heterocycles. The van der Waals surface area contributed by atoms with Crippen LogP contribution in [0.2, 0.25) is 0 Å². The first-order valence-corrected chi connectivity index (χ1v) is 7.92. The van der Waals surface area contributed by atoms with Crippen LogP contribution in [0, 0.1) is 5.41 Å². The van der Waals surface area contributed by atoms with Crippen molar-refractivity contribution < 1.29 is 19.0 Å². The van der Waals surface area contributed by atoms with Gasteiger partial charge in [-0.2, -0.15) is 0 Å². The number of nitrogens with one attached hydrogen (secondary N) is 1. The minimum atomic E-state index is -0.465. The number of hydrogen-bond acceptors (Lipinski definition) is 4. The Morgan fingerprint density at radius 2 is 1.67 bits per heavy atom. The van der Waals surface area contributed by atoms with Crippen molar-refractivity contribution in [3.63, 3.8) is 0 Å². The summed E-state index contributed by atoms with van der Waals surface area (Å²) in [5, 5.41) is 2.98. The third-order valence-electron chi connectivity index (χ3n) is 4.75. The van der Waals surface area contributed by atoms with Gasteiger partial charge in [-0.05, 0) is 46.0 Å². The fourth-order valence-electron chi connectivity index (χ4n) is 3.08. The molecule has 1 saturated carbocycles. The molecule has 1 aliphatic heterocycles. The van der Waals surface area contributed by atoms with Crippen LogP contribution in [-0.2, 0) is 14.2 Å². The van der Waals surface area contributed by atoms with E-state index >= 15 is 0 Å². The second kappa shape index (κ2) is 5.76. The topological polar surface area (TPSA) is 56.8 Å². The Bertz CT molecular complexity index is 372. The van der Waals surface area contributed by atoms with Crippen molar-refractivity contribution in [3.8, 4) is 0 Å². The van der Waals surface area contributed by atoms with E-state index in [0.29, 0.717) is 13.2 Å². The maximum Gasteiger partial charge on any atom is 0.407 e. The third kappa shape index (κ3) is 4.10. The molecule has 2 fully saturated rings. The Balaban J connectivity index is 1.87. The molecule has 5 nitrogen and oxygen atoms in total. The smallest absolute Gasteiger partial charge is 0.407 e. The molecule has 0 radical (unpaired) electrons. The van der Waals surface area contributed by atoms with Gasteiger partial charge in [-0.25, -0.2) is 4.79 Å². The van der Waals surface area contributed by atoms with Gasteiger partial charge in [0.05, 0.1) is 13.2 Å². The SMILES string of the molecule is C[C@@H](NC(=O)OC(C)(C)C)C1(C)CCC2(CC1)OCCO2. The van der Waals surface area contributed by atoms with Crippen molar-refractivity contribution in [2.75, 3.05) is 13.2 Å². The molecule has 2 aliphatic rings. The van der Waals surface area contributed by atoms with E-state index in [4.69, 9.17) is 14.2 Å². The van der Waals surface area contributed by atoms with E-state index in [2.05, 4.69) is 19.2 Å². The maximum absolute atomic E-state index is 11.9. The van der Waals surface area contributed by atoms with E-state index in [1.807, 2.05) is 20.8 Å². The number of ether oxygens (including phenoxy) is 3. The van der Waals surface area contributed by atoms with Gasteiger partial charge in [-0.15, -0.1) is 0 Å². The lowest BCUT2D eigenvalue weighted by molar-refractivity contribution is -0.192. The van der Waals surface area contributed by atoms with E-state index in [0.717, 1.165) is 25.7 Å². The lowest BCUT2D eigenvalue weighted by atomic mass is 9.69. The zero-order chi connectivity index (χ0) is 15.7. The Morgan fingerprint density at radius 3 is 2.14 bits per heavy atom. The molecule has 122 valence electrons. The standard InChI is InChI=1S/C16H29NO4/c1-12(17-13(18)21-14(2,3)4)15(5)6-8-16(9-7-15)19-10-11-20-16/h12H,6-11H2,1-5H3,(H,17,18)/t12-/m1/s1. The summed E-state index contributed by atoms with van der Waals surface area (Å²) in [5.74, 6) is -0.356. The molecular weight excluding hydrogens is 270 g/mol. The fraction of sp³-hybridized carbons (Fsp3) is 0.938. The summed E-state index contributed by atoms with van der Waals surface area (Å²) in [4.78, 5) is 11.9. The minimum absolute atomic E-state index is 0.0530. The monoisotopic (exact) mass is 299 g/mol. The van der Waals surface area contributed by atoms with Gasteiger partial charge in [0.15, 0.2) is 5.79 Å². The first-order chi connectivity index (χ1) is 9.64. The van der Waals surface area contributed by atoms with E-state index < -0.39 is 5.60 Å². The summed E-state index contributed by atoms with van der Waals surface area (Å²) in [5.41, 5.74) is -0.412. The Labute approximate surface area is 127 Å². The van der Waals surface area contributed by atoms with Crippen LogP contribution in [0.1, 0.15) is 60.3 Å². The molecule has 1 heterocycles. The summed E-state index contributed by atoms with van der Waals surface area (Å²) in [7, 11) is 0. The van der Waals surface area contributed by atoms with E-state index in [9.17, 15) is 4.79 Å². The van der Waals surface area contributed by atoms with Crippen LogP contribution in [0.15, 0.2) is 0 Å². The van der Waals surface area contributed by atoms with Crippen LogP contribution in [0.3, 0.4) is 0 Å². The predicted octanol–water partition coefficient (Wildman–Crippen LogP) is 3.22. The van der Waals surface area contributed by atoms with Crippen LogP contribution in [0.4, 0.5) is 4.79 Å². The van der Waals surface area contributed by atoms with Crippen LogP contribution >= 0.6 is 0 Å². The minimum Gasteiger partial charge on any atom is -0.444 e. The molecule has 0 bridgehead atoms. The number of carbonyl (C=O) groups is 1. The van der Waals surface area contributed by atoms with Gasteiger partial charge in [0, 0.05) is 18.9 Å². The highest BCUT2D eigenvalue weighted by atomic mass is 16.7. The van der Waals surface area contributed by atoms with Crippen LogP contribution in [0.25, 0.3) is 0 Å². The van der Waals surface area contributed by atoms with Gasteiger partial charge in [0.2, 0.25) is 0 Å². The van der Waals surface area contributed by atoms with Crippen LogP contribution < -0.4 is 5.32 Å². The molecule has 1 amide bonds. The van der Waals surface area contributed by atoms with Gasteiger partial charge in [0.1, 0.15) is 5.60 Å². The number of hydrogen-bond donors (Lipinski definition) is 1. The zero-order valence-electron chi connectivity index (χ0n) is 14.0. The first kappa shape index (κ1) is 16.6. The highest BCUT2D eigenvalue weighted by Gasteiger charge is 2.46. The number of carbonyl (C=O) groups excluding carboxylic acids is 1. The van der Waals surface area contributed by atoms with Gasteiger partial charge in [-0.1, -0.05) is 6.92 Å². The van der Waals surface area contributed by atoms with Crippen LogP contribution in [0.5, 0.6) is 0 Å². The van der Waals surface area contributed by atoms with E-state index in [1.54, 1.807) is 0 Å². The lowest BCUT2D eigenvalue weighted by Crippen LogP contribution is -2.50. The molecule has 21 heavy (non-hydrogen) atoms. The third-order valence-corrected chi connectivity index (χ3v) is 4.75. The quantitative estimate of drug-likeness (QED) is 0.850. The molecule has 0 aromatic carbocycles. The Hall–Kier alpha value is -0.810. The van der Waals surface area contributed by atoms with Crippen LogP contribution in [-0.4, -0.2) is 36.7 Å². The van der Waals surface area contributed by atoms with Crippen molar-refractivity contribution in [2.24, 2.45) is 5.41 Å². The fourth-order valence-corrected chi connectivity index (χ4v) is 3.08. The summed E-state index contributed by atoms with van der Waals surface area (Å²) < 4.78 is 16.9. The highest BCUT2D eigenvalue weighted by Crippen LogP contribution is 2.46. The van der Waals surface area contributed by atoms with Gasteiger partial charge < -0.3 is 19.5 Å². The summed E-state index contributed by atoms with van der Waals surface area (Å²) in [6.45, 7) is 11.3. The molecule has 0 aromatic rings. The largest absolute Gasteiger partial charge is 0.444 e. The van der Waals surface area contributed by atoms with Crippen molar-refractivity contribution in [1.29, 1.82) is 0 Å². The Kier molecular flexibility index (Phi) is 4.54. The normalized spacial score (nSPS) is 25.6.